The number of hydrogen-bond donors (Lipinski definition) is 1. The van der Waals surface area contributed by atoms with Crippen LogP contribution in [-0.2, 0) is 7.05 Å². The van der Waals surface area contributed by atoms with E-state index in [2.05, 4.69) is 34.7 Å². The van der Waals surface area contributed by atoms with Crippen molar-refractivity contribution in [2.75, 3.05) is 12.8 Å². The van der Waals surface area contributed by atoms with E-state index in [4.69, 9.17) is 11.6 Å². The molecule has 1 aliphatic heterocycles. The second-order valence-corrected chi connectivity index (χ2v) is 6.19. The number of nitrogens with one attached hydrogen (secondary N) is 1. The zero-order chi connectivity index (χ0) is 13.4. The van der Waals surface area contributed by atoms with Gasteiger partial charge in [-0.15, -0.1) is 11.8 Å². The molecule has 5 heteroatoms. The molecule has 3 nitrogen and oxygen atoms in total. The lowest BCUT2D eigenvalue weighted by Crippen LogP contribution is -2.26. The van der Waals surface area contributed by atoms with Crippen LogP contribution < -0.4 is 5.32 Å². The summed E-state index contributed by atoms with van der Waals surface area (Å²) in [5.41, 5.74) is 2.47. The lowest BCUT2D eigenvalue weighted by molar-refractivity contribution is 0.478. The number of fused-ring (bicyclic) bond motifs is 1. The average Bonchev–Trinajstić information content (AvgIpc) is 2.98. The summed E-state index contributed by atoms with van der Waals surface area (Å²) in [7, 11) is 3.93. The van der Waals surface area contributed by atoms with Crippen molar-refractivity contribution in [2.24, 2.45) is 7.05 Å². The first kappa shape index (κ1) is 13.0. The highest BCUT2D eigenvalue weighted by Gasteiger charge is 2.33. The number of likely N-dealkylation sites (N-methyl/N-ethyl adjacent to an activating group) is 1. The van der Waals surface area contributed by atoms with Crippen LogP contribution in [0.5, 0.6) is 0 Å². The number of aryl methyl sites for hydroxylation is 1. The molecule has 0 fully saturated rings. The lowest BCUT2D eigenvalue weighted by atomic mass is 9.91. The Morgan fingerprint density at radius 3 is 2.95 bits per heavy atom. The molecule has 0 aliphatic carbocycles. The van der Waals surface area contributed by atoms with E-state index in [0.29, 0.717) is 5.92 Å². The predicted octanol–water partition coefficient (Wildman–Crippen LogP) is 3.22. The number of thioether (sulfide) groups is 1. The molecule has 0 amide bonds. The maximum absolute atomic E-state index is 6.29. The molecule has 0 saturated carbocycles. The van der Waals surface area contributed by atoms with E-state index in [1.807, 2.05) is 30.5 Å². The fraction of sp³-hybridized carbons (Fsp3) is 0.357. The maximum Gasteiger partial charge on any atom is 0.0834 e. The van der Waals surface area contributed by atoms with Gasteiger partial charge in [-0.1, -0.05) is 29.8 Å². The Bertz CT molecular complexity index is 577. The SMILES string of the molecule is CNC(c1c(Cl)cnn1C)C1CSc2ccccc21. The Labute approximate surface area is 122 Å². The standard InChI is InChI=1S/C14H16ClN3S/c1-16-13(14-11(15)7-17-18(14)2)10-8-19-12-6-4-3-5-9(10)12/h3-7,10,13,16H,8H2,1-2H3. The van der Waals surface area contributed by atoms with Gasteiger partial charge in [-0.05, 0) is 18.7 Å². The van der Waals surface area contributed by atoms with E-state index in [-0.39, 0.29) is 6.04 Å². The Balaban J connectivity index is 2.01. The quantitative estimate of drug-likeness (QED) is 0.942. The van der Waals surface area contributed by atoms with E-state index < -0.39 is 0 Å². The van der Waals surface area contributed by atoms with Gasteiger partial charge >= 0.3 is 0 Å². The molecule has 1 N–H and O–H groups in total. The number of aromatic nitrogens is 2. The van der Waals surface area contributed by atoms with Crippen LogP contribution in [-0.4, -0.2) is 22.6 Å². The summed E-state index contributed by atoms with van der Waals surface area (Å²) in [6.45, 7) is 0. The zero-order valence-electron chi connectivity index (χ0n) is 10.9. The molecule has 0 saturated heterocycles. The first-order chi connectivity index (χ1) is 9.22. The molecule has 2 aromatic rings. The van der Waals surface area contributed by atoms with Gasteiger partial charge in [0.25, 0.3) is 0 Å². The van der Waals surface area contributed by atoms with Crippen LogP contribution in [0.2, 0.25) is 5.02 Å². The van der Waals surface area contributed by atoms with E-state index >= 15 is 0 Å². The largest absolute Gasteiger partial charge is 0.311 e. The van der Waals surface area contributed by atoms with Crippen molar-refractivity contribution in [3.63, 3.8) is 0 Å². The molecule has 0 bridgehead atoms. The van der Waals surface area contributed by atoms with E-state index in [1.54, 1.807) is 6.20 Å². The van der Waals surface area contributed by atoms with Crippen LogP contribution in [0.25, 0.3) is 0 Å². The summed E-state index contributed by atoms with van der Waals surface area (Å²) in [4.78, 5) is 1.38. The number of halogens is 1. The molecule has 2 heterocycles. The first-order valence-electron chi connectivity index (χ1n) is 6.28. The van der Waals surface area contributed by atoms with Gasteiger partial charge in [-0.25, -0.2) is 0 Å². The molecule has 19 heavy (non-hydrogen) atoms. The minimum absolute atomic E-state index is 0.191. The Morgan fingerprint density at radius 2 is 2.26 bits per heavy atom. The van der Waals surface area contributed by atoms with Gasteiger partial charge in [0.2, 0.25) is 0 Å². The molecular formula is C14H16ClN3S. The Hall–Kier alpha value is -0.970. The van der Waals surface area contributed by atoms with Crippen molar-refractivity contribution < 1.29 is 0 Å². The zero-order valence-corrected chi connectivity index (χ0v) is 12.5. The molecule has 0 radical (unpaired) electrons. The van der Waals surface area contributed by atoms with Crippen LogP contribution in [0.15, 0.2) is 35.4 Å². The first-order valence-corrected chi connectivity index (χ1v) is 7.65. The lowest BCUT2D eigenvalue weighted by Gasteiger charge is -2.24. The van der Waals surface area contributed by atoms with Crippen molar-refractivity contribution in [3.05, 3.63) is 46.7 Å². The molecular weight excluding hydrogens is 278 g/mol. The highest BCUT2D eigenvalue weighted by Crippen LogP contribution is 2.46. The number of benzene rings is 1. The highest BCUT2D eigenvalue weighted by molar-refractivity contribution is 7.99. The summed E-state index contributed by atoms with van der Waals surface area (Å²) < 4.78 is 1.87. The molecule has 1 aromatic carbocycles. The smallest absolute Gasteiger partial charge is 0.0834 e. The molecule has 2 atom stereocenters. The van der Waals surface area contributed by atoms with Crippen molar-refractivity contribution in [3.8, 4) is 0 Å². The second-order valence-electron chi connectivity index (χ2n) is 4.72. The van der Waals surface area contributed by atoms with Gasteiger partial charge in [-0.2, -0.15) is 5.10 Å². The highest BCUT2D eigenvalue weighted by atomic mass is 35.5. The third-order valence-corrected chi connectivity index (χ3v) is 5.18. The van der Waals surface area contributed by atoms with Crippen molar-refractivity contribution in [2.45, 2.75) is 16.9 Å². The monoisotopic (exact) mass is 293 g/mol. The summed E-state index contributed by atoms with van der Waals surface area (Å²) >= 11 is 8.21. The number of hydrogen-bond acceptors (Lipinski definition) is 3. The molecule has 100 valence electrons. The summed E-state index contributed by atoms with van der Waals surface area (Å²) in [5, 5.41) is 8.39. The van der Waals surface area contributed by atoms with Crippen molar-refractivity contribution in [1.29, 1.82) is 0 Å². The third-order valence-electron chi connectivity index (χ3n) is 3.68. The summed E-state index contributed by atoms with van der Waals surface area (Å²) in [6, 6.07) is 8.80. The summed E-state index contributed by atoms with van der Waals surface area (Å²) in [6.07, 6.45) is 1.72. The Kier molecular flexibility index (Phi) is 3.56. The van der Waals surface area contributed by atoms with Crippen LogP contribution in [0.1, 0.15) is 23.2 Å². The van der Waals surface area contributed by atoms with Crippen LogP contribution in [0.4, 0.5) is 0 Å². The summed E-state index contributed by atoms with van der Waals surface area (Å²) in [5.74, 6) is 1.51. The van der Waals surface area contributed by atoms with Crippen molar-refractivity contribution >= 4 is 23.4 Å². The van der Waals surface area contributed by atoms with Gasteiger partial charge in [-0.3, -0.25) is 4.68 Å². The third kappa shape index (κ3) is 2.18. The molecule has 3 rings (SSSR count). The van der Waals surface area contributed by atoms with Crippen LogP contribution >= 0.6 is 23.4 Å². The average molecular weight is 294 g/mol. The Morgan fingerprint density at radius 1 is 1.47 bits per heavy atom. The van der Waals surface area contributed by atoms with E-state index in [9.17, 15) is 0 Å². The molecule has 1 aliphatic rings. The van der Waals surface area contributed by atoms with Crippen LogP contribution in [0, 0.1) is 0 Å². The van der Waals surface area contributed by atoms with Gasteiger partial charge in [0, 0.05) is 23.6 Å². The van der Waals surface area contributed by atoms with E-state index in [1.165, 1.54) is 10.5 Å². The van der Waals surface area contributed by atoms with E-state index in [0.717, 1.165) is 16.5 Å². The fourth-order valence-electron chi connectivity index (χ4n) is 2.76. The number of nitrogens with zero attached hydrogens (tertiary/aromatic N) is 2. The van der Waals surface area contributed by atoms with Crippen LogP contribution in [0.3, 0.4) is 0 Å². The normalized spacial score (nSPS) is 19.4. The fourth-order valence-corrected chi connectivity index (χ4v) is 4.34. The molecule has 2 unspecified atom stereocenters. The second kappa shape index (κ2) is 5.19. The van der Waals surface area contributed by atoms with Gasteiger partial charge in [0.15, 0.2) is 0 Å². The van der Waals surface area contributed by atoms with Crippen molar-refractivity contribution in [1.82, 2.24) is 15.1 Å². The van der Waals surface area contributed by atoms with Gasteiger partial charge < -0.3 is 5.32 Å². The van der Waals surface area contributed by atoms with Gasteiger partial charge in [0.1, 0.15) is 0 Å². The predicted molar refractivity (Wildman–Crippen MR) is 79.9 cm³/mol. The molecule has 1 aromatic heterocycles. The maximum atomic E-state index is 6.29. The van der Waals surface area contributed by atoms with Gasteiger partial charge in [0.05, 0.1) is 23.0 Å². The topological polar surface area (TPSA) is 29.9 Å². The number of rotatable bonds is 3. The molecule has 0 spiro atoms. The minimum Gasteiger partial charge on any atom is -0.311 e. The minimum atomic E-state index is 0.191.